The fourth-order valence-corrected chi connectivity index (χ4v) is 4.08. The van der Waals surface area contributed by atoms with Crippen molar-refractivity contribution in [2.24, 2.45) is 0 Å². The largest absolute Gasteiger partial charge is 0.345 e. The van der Waals surface area contributed by atoms with E-state index >= 15 is 0 Å². The quantitative estimate of drug-likeness (QED) is 0.667. The van der Waals surface area contributed by atoms with Crippen LogP contribution in [0.3, 0.4) is 0 Å². The van der Waals surface area contributed by atoms with E-state index in [1.165, 1.54) is 16.4 Å². The van der Waals surface area contributed by atoms with E-state index in [0.717, 1.165) is 42.8 Å². The monoisotopic (exact) mass is 371 g/mol. The van der Waals surface area contributed by atoms with E-state index in [4.69, 9.17) is 0 Å². The van der Waals surface area contributed by atoms with Crippen LogP contribution in [0.5, 0.6) is 0 Å². The second-order valence-electron chi connectivity index (χ2n) is 6.61. The van der Waals surface area contributed by atoms with Gasteiger partial charge in [-0.3, -0.25) is 14.5 Å². The van der Waals surface area contributed by atoms with E-state index in [1.54, 1.807) is 0 Å². The van der Waals surface area contributed by atoms with Gasteiger partial charge in [0, 0.05) is 12.2 Å². The fourth-order valence-electron chi connectivity index (χ4n) is 3.22. The molecule has 0 bridgehead atoms. The van der Waals surface area contributed by atoms with Gasteiger partial charge in [-0.25, -0.2) is 0 Å². The molecule has 2 aromatic rings. The summed E-state index contributed by atoms with van der Waals surface area (Å²) in [5, 5.41) is 4.04. The summed E-state index contributed by atoms with van der Waals surface area (Å²) in [5.41, 5.74) is 2.15. The van der Waals surface area contributed by atoms with Gasteiger partial charge in [0.05, 0.1) is 17.2 Å². The molecule has 1 aliphatic rings. The number of unbranched alkanes of at least 4 members (excludes halogenated alkanes) is 2. The first-order valence-corrected chi connectivity index (χ1v) is 10.1. The molecule has 0 fully saturated rings. The molecule has 5 nitrogen and oxygen atoms in total. The van der Waals surface area contributed by atoms with Crippen molar-refractivity contribution in [2.75, 3.05) is 11.9 Å². The van der Waals surface area contributed by atoms with Gasteiger partial charge in [0.25, 0.3) is 5.91 Å². The van der Waals surface area contributed by atoms with Crippen molar-refractivity contribution >= 4 is 34.0 Å². The van der Waals surface area contributed by atoms with Crippen LogP contribution in [0.15, 0.2) is 30.3 Å². The first-order chi connectivity index (χ1) is 12.7. The number of carbonyl (C=O) groups excluding carboxylic acids is 2. The van der Waals surface area contributed by atoms with Crippen LogP contribution in [-0.2, 0) is 4.79 Å². The smallest absolute Gasteiger partial charge is 0.265 e. The van der Waals surface area contributed by atoms with E-state index in [-0.39, 0.29) is 17.7 Å². The van der Waals surface area contributed by atoms with Crippen LogP contribution in [0, 0.1) is 0 Å². The van der Waals surface area contributed by atoms with Crippen LogP contribution in [0.1, 0.15) is 67.9 Å². The summed E-state index contributed by atoms with van der Waals surface area (Å²) >= 11 is 1.27. The third-order valence-electron chi connectivity index (χ3n) is 4.68. The minimum Gasteiger partial charge on any atom is -0.345 e. The second-order valence-corrected chi connectivity index (χ2v) is 7.38. The lowest BCUT2D eigenvalue weighted by molar-refractivity contribution is -0.131. The first-order valence-electron chi connectivity index (χ1n) is 9.34. The Bertz CT molecular complexity index is 773. The van der Waals surface area contributed by atoms with E-state index < -0.39 is 0 Å². The van der Waals surface area contributed by atoms with Gasteiger partial charge < -0.3 is 5.32 Å². The number of hydrogen-bond acceptors (Lipinski definition) is 5. The van der Waals surface area contributed by atoms with Crippen molar-refractivity contribution in [3.63, 3.8) is 0 Å². The molecule has 6 heteroatoms. The average Bonchev–Trinajstić information content (AvgIpc) is 3.06. The number of rotatable bonds is 8. The second kappa shape index (κ2) is 8.45. The van der Waals surface area contributed by atoms with Gasteiger partial charge in [0.1, 0.15) is 5.00 Å². The van der Waals surface area contributed by atoms with Crippen molar-refractivity contribution in [3.8, 4) is 0 Å². The van der Waals surface area contributed by atoms with Crippen LogP contribution in [-0.4, -0.2) is 27.6 Å². The zero-order chi connectivity index (χ0) is 18.5. The molecule has 138 valence electrons. The van der Waals surface area contributed by atoms with Gasteiger partial charge in [-0.15, -0.1) is 0 Å². The van der Waals surface area contributed by atoms with Crippen LogP contribution in [0.2, 0.25) is 0 Å². The third kappa shape index (κ3) is 3.65. The van der Waals surface area contributed by atoms with Crippen LogP contribution in [0.4, 0.5) is 10.7 Å². The summed E-state index contributed by atoms with van der Waals surface area (Å²) < 4.78 is 4.51. The molecule has 2 amide bonds. The highest BCUT2D eigenvalue weighted by Crippen LogP contribution is 2.39. The Balaban J connectivity index is 1.96. The third-order valence-corrected chi connectivity index (χ3v) is 5.46. The number of hydrogen-bond donors (Lipinski definition) is 1. The molecule has 1 N–H and O–H groups in total. The molecule has 0 aliphatic carbocycles. The molecule has 1 aliphatic heterocycles. The lowest BCUT2D eigenvalue weighted by Crippen LogP contribution is -2.45. The topological polar surface area (TPSA) is 62.3 Å². The number of fused-ring (bicyclic) bond motifs is 1. The Morgan fingerprint density at radius 1 is 1.12 bits per heavy atom. The number of para-hydroxylation sites is 1. The Morgan fingerprint density at radius 2 is 1.85 bits per heavy atom. The molecule has 1 aromatic carbocycles. The van der Waals surface area contributed by atoms with Crippen molar-refractivity contribution in [1.82, 2.24) is 9.27 Å². The molecule has 3 rings (SSSR count). The Hall–Kier alpha value is -2.21. The highest BCUT2D eigenvalue weighted by atomic mass is 32.1. The predicted molar refractivity (Wildman–Crippen MR) is 105 cm³/mol. The summed E-state index contributed by atoms with van der Waals surface area (Å²) in [7, 11) is 0. The summed E-state index contributed by atoms with van der Waals surface area (Å²) in [5.74, 6) is -0.596. The average molecular weight is 372 g/mol. The van der Waals surface area contributed by atoms with Crippen LogP contribution < -0.4 is 5.32 Å². The minimum atomic E-state index is -0.304. The van der Waals surface area contributed by atoms with Crippen molar-refractivity contribution in [2.45, 2.75) is 51.9 Å². The molecule has 0 saturated heterocycles. The van der Waals surface area contributed by atoms with Gasteiger partial charge in [0.15, 0.2) is 0 Å². The van der Waals surface area contributed by atoms with Crippen LogP contribution in [0.25, 0.3) is 0 Å². The Kier molecular flexibility index (Phi) is 6.04. The summed E-state index contributed by atoms with van der Waals surface area (Å²) in [6.45, 7) is 4.65. The van der Waals surface area contributed by atoms with Gasteiger partial charge in [-0.05, 0) is 36.5 Å². The zero-order valence-corrected chi connectivity index (χ0v) is 16.1. The number of imide groups is 1. The number of anilines is 2. The first kappa shape index (κ1) is 18.6. The molecule has 0 radical (unpaired) electrons. The number of aromatic nitrogens is 1. The molecule has 26 heavy (non-hydrogen) atoms. The molecule has 0 spiro atoms. The summed E-state index contributed by atoms with van der Waals surface area (Å²) in [4.78, 5) is 27.4. The van der Waals surface area contributed by atoms with Crippen molar-refractivity contribution < 1.29 is 9.59 Å². The molecule has 1 unspecified atom stereocenters. The normalized spacial score (nSPS) is 16.7. The lowest BCUT2D eigenvalue weighted by atomic mass is 9.90. The predicted octanol–water partition coefficient (Wildman–Crippen LogP) is 4.94. The molecule has 1 aromatic heterocycles. The highest BCUT2D eigenvalue weighted by molar-refractivity contribution is 7.10. The molecular formula is C20H25N3O2S. The zero-order valence-electron chi connectivity index (χ0n) is 15.3. The maximum Gasteiger partial charge on any atom is 0.265 e. The maximum atomic E-state index is 13.1. The van der Waals surface area contributed by atoms with Crippen molar-refractivity contribution in [1.29, 1.82) is 0 Å². The highest BCUT2D eigenvalue weighted by Gasteiger charge is 2.42. The minimum absolute atomic E-state index is 0.0824. The summed E-state index contributed by atoms with van der Waals surface area (Å²) in [6, 6.07) is 9.74. The van der Waals surface area contributed by atoms with Gasteiger partial charge in [0.2, 0.25) is 5.91 Å². The lowest BCUT2D eigenvalue weighted by Gasteiger charge is -2.30. The number of nitrogens with one attached hydrogen (secondary N) is 1. The number of benzene rings is 1. The van der Waals surface area contributed by atoms with Gasteiger partial charge in [-0.1, -0.05) is 51.3 Å². The SMILES string of the molecule is CCCCC1C(=O)N(CCCC)C(=O)c2c1nsc2Nc1ccccc1. The Labute approximate surface area is 158 Å². The van der Waals surface area contributed by atoms with Gasteiger partial charge in [-0.2, -0.15) is 4.37 Å². The van der Waals surface area contributed by atoms with Gasteiger partial charge >= 0.3 is 0 Å². The number of amides is 2. The van der Waals surface area contributed by atoms with E-state index in [2.05, 4.69) is 23.5 Å². The molecule has 2 heterocycles. The number of nitrogens with zero attached hydrogens (tertiary/aromatic N) is 2. The molecule has 1 atom stereocenters. The van der Waals surface area contributed by atoms with E-state index in [1.807, 2.05) is 30.3 Å². The van der Waals surface area contributed by atoms with E-state index in [9.17, 15) is 9.59 Å². The number of carbonyl (C=O) groups is 2. The van der Waals surface area contributed by atoms with E-state index in [0.29, 0.717) is 17.8 Å². The molecular weight excluding hydrogens is 346 g/mol. The fraction of sp³-hybridized carbons (Fsp3) is 0.450. The Morgan fingerprint density at radius 3 is 2.54 bits per heavy atom. The summed E-state index contributed by atoms with van der Waals surface area (Å²) in [6.07, 6.45) is 4.48. The van der Waals surface area contributed by atoms with Crippen LogP contribution >= 0.6 is 11.5 Å². The maximum absolute atomic E-state index is 13.1. The van der Waals surface area contributed by atoms with Crippen molar-refractivity contribution in [3.05, 3.63) is 41.6 Å². The molecule has 0 saturated carbocycles. The standard InChI is InChI=1S/C20H25N3O2S/c1-3-5-12-15-17-16(20(25)23(19(15)24)13-6-4-2)18(26-22-17)21-14-10-8-7-9-11-14/h7-11,15,21H,3-6,12-13H2,1-2H3.